The molecule has 1 N–H and O–H groups in total. The van der Waals surface area contributed by atoms with Gasteiger partial charge in [0.25, 0.3) is 5.92 Å². The van der Waals surface area contributed by atoms with E-state index in [0.717, 1.165) is 10.7 Å². The van der Waals surface area contributed by atoms with Gasteiger partial charge in [0.15, 0.2) is 5.82 Å². The Morgan fingerprint density at radius 1 is 1.55 bits per heavy atom. The predicted molar refractivity (Wildman–Crippen MR) is 72.4 cm³/mol. The van der Waals surface area contributed by atoms with E-state index in [0.29, 0.717) is 5.82 Å². The normalized spacial score (nSPS) is 19.2. The summed E-state index contributed by atoms with van der Waals surface area (Å²) in [6, 6.07) is 2.12. The van der Waals surface area contributed by atoms with Crippen molar-refractivity contribution in [1.29, 1.82) is 0 Å². The van der Waals surface area contributed by atoms with Crippen LogP contribution in [0.3, 0.4) is 0 Å². The van der Waals surface area contributed by atoms with Gasteiger partial charge in [-0.3, -0.25) is 4.98 Å². The molecule has 0 spiro atoms. The highest BCUT2D eigenvalue weighted by molar-refractivity contribution is 6.32. The number of H-pyrrole nitrogens is 1. The predicted octanol–water partition coefficient (Wildman–Crippen LogP) is 2.70. The number of ether oxygens (including phenoxy) is 1. The van der Waals surface area contributed by atoms with E-state index in [2.05, 4.69) is 10.1 Å². The van der Waals surface area contributed by atoms with Crippen LogP contribution in [0.2, 0.25) is 5.02 Å². The zero-order valence-electron chi connectivity index (χ0n) is 11.4. The van der Waals surface area contributed by atoms with Gasteiger partial charge in [-0.1, -0.05) is 11.6 Å². The molecule has 1 unspecified atom stereocenters. The number of aromatic amines is 1. The molecule has 1 heterocycles. The highest BCUT2D eigenvalue weighted by Crippen LogP contribution is 2.48. The molecule has 0 amide bonds. The van der Waals surface area contributed by atoms with Crippen molar-refractivity contribution in [2.24, 2.45) is 5.92 Å². The number of hydrogen-bond donors (Lipinski definition) is 1. The van der Waals surface area contributed by atoms with E-state index in [9.17, 15) is 18.0 Å². The van der Waals surface area contributed by atoms with Crippen LogP contribution in [-0.2, 0) is 0 Å². The van der Waals surface area contributed by atoms with Crippen molar-refractivity contribution in [3.63, 3.8) is 0 Å². The summed E-state index contributed by atoms with van der Waals surface area (Å²) in [7, 11) is 0. The Labute approximate surface area is 127 Å². The third-order valence-electron chi connectivity index (χ3n) is 3.36. The molecule has 0 aliphatic heterocycles. The Kier molecular flexibility index (Phi) is 3.43. The molecule has 9 heteroatoms. The van der Waals surface area contributed by atoms with E-state index in [1.807, 2.05) is 0 Å². The number of nitrogens with one attached hydrogen (secondary N) is 1. The summed E-state index contributed by atoms with van der Waals surface area (Å²) in [4.78, 5) is 14.1. The number of aromatic nitrogens is 3. The lowest BCUT2D eigenvalue weighted by Crippen LogP contribution is -2.17. The monoisotopic (exact) mass is 333 g/mol. The fraction of sp³-hybridized carbons (Fsp3) is 0.385. The van der Waals surface area contributed by atoms with Crippen molar-refractivity contribution in [3.05, 3.63) is 39.3 Å². The molecule has 1 fully saturated rings. The maximum Gasteiger partial charge on any atom is 0.348 e. The van der Waals surface area contributed by atoms with Crippen LogP contribution in [0.1, 0.15) is 12.2 Å². The number of benzene rings is 1. The summed E-state index contributed by atoms with van der Waals surface area (Å²) in [5, 5.41) is 3.77. The maximum absolute atomic E-state index is 14.0. The van der Waals surface area contributed by atoms with Gasteiger partial charge in [-0.2, -0.15) is 9.78 Å². The Bertz CT molecular complexity index is 787. The second-order valence-corrected chi connectivity index (χ2v) is 5.54. The van der Waals surface area contributed by atoms with Gasteiger partial charge >= 0.3 is 5.69 Å². The van der Waals surface area contributed by atoms with Crippen LogP contribution < -0.4 is 10.4 Å². The molecule has 1 aromatic carbocycles. The Hall–Kier alpha value is -1.96. The van der Waals surface area contributed by atoms with Crippen molar-refractivity contribution in [3.8, 4) is 11.4 Å². The largest absolute Gasteiger partial charge is 0.491 e. The van der Waals surface area contributed by atoms with Gasteiger partial charge in [0.05, 0.1) is 17.5 Å². The second kappa shape index (κ2) is 5.05. The van der Waals surface area contributed by atoms with Crippen molar-refractivity contribution < 1.29 is 17.9 Å². The average molecular weight is 334 g/mol. The summed E-state index contributed by atoms with van der Waals surface area (Å²) < 4.78 is 45.7. The minimum atomic E-state index is -2.72. The van der Waals surface area contributed by atoms with Gasteiger partial charge in [-0.05, 0) is 13.0 Å². The van der Waals surface area contributed by atoms with Crippen molar-refractivity contribution in [2.75, 3.05) is 6.61 Å². The molecule has 1 aromatic heterocycles. The second-order valence-electron chi connectivity index (χ2n) is 5.13. The van der Waals surface area contributed by atoms with Crippen LogP contribution in [0.15, 0.2) is 16.9 Å². The topological polar surface area (TPSA) is 59.9 Å². The lowest BCUT2D eigenvalue weighted by molar-refractivity contribution is 0.0856. The van der Waals surface area contributed by atoms with Crippen molar-refractivity contribution >= 4 is 11.6 Å². The van der Waals surface area contributed by atoms with Crippen LogP contribution in [0, 0.1) is 18.7 Å². The first kappa shape index (κ1) is 15.0. The van der Waals surface area contributed by atoms with E-state index in [4.69, 9.17) is 16.3 Å². The molecule has 1 aliphatic rings. The van der Waals surface area contributed by atoms with E-state index in [1.54, 1.807) is 0 Å². The molecule has 0 bridgehead atoms. The Morgan fingerprint density at radius 3 is 2.77 bits per heavy atom. The quantitative estimate of drug-likeness (QED) is 0.936. The molecule has 5 nitrogen and oxygen atoms in total. The molecule has 118 valence electrons. The summed E-state index contributed by atoms with van der Waals surface area (Å²) >= 11 is 5.84. The van der Waals surface area contributed by atoms with Crippen molar-refractivity contribution in [1.82, 2.24) is 14.8 Å². The standard InChI is InChI=1S/C13H11ClF3N3O2/c1-6-18-12(21)20(19-6)10-3-11(8(14)2-9(10)15)22-5-7-4-13(7,16)17/h2-3,7H,4-5H2,1H3,(H,18,19,21). The smallest absolute Gasteiger partial charge is 0.348 e. The van der Waals surface area contributed by atoms with E-state index in [1.165, 1.54) is 13.0 Å². The zero-order chi connectivity index (χ0) is 16.1. The Balaban J connectivity index is 1.90. The van der Waals surface area contributed by atoms with Gasteiger partial charge in [0, 0.05) is 12.5 Å². The number of hydrogen-bond acceptors (Lipinski definition) is 3. The van der Waals surface area contributed by atoms with Crippen LogP contribution in [0.25, 0.3) is 5.69 Å². The molecule has 0 radical (unpaired) electrons. The molecule has 1 saturated carbocycles. The maximum atomic E-state index is 14.0. The minimum Gasteiger partial charge on any atom is -0.491 e. The SMILES string of the molecule is Cc1nn(-c2cc(OCC3CC3(F)F)c(Cl)cc2F)c(=O)[nH]1. The van der Waals surface area contributed by atoms with Gasteiger partial charge < -0.3 is 4.74 Å². The fourth-order valence-electron chi connectivity index (χ4n) is 2.02. The van der Waals surface area contributed by atoms with Crippen molar-refractivity contribution in [2.45, 2.75) is 19.3 Å². The molecule has 1 aliphatic carbocycles. The summed E-state index contributed by atoms with van der Waals surface area (Å²) in [5.41, 5.74) is -0.797. The highest BCUT2D eigenvalue weighted by atomic mass is 35.5. The van der Waals surface area contributed by atoms with Crippen LogP contribution in [0.5, 0.6) is 5.75 Å². The van der Waals surface area contributed by atoms with Crippen LogP contribution in [-0.4, -0.2) is 27.3 Å². The van der Waals surface area contributed by atoms with E-state index in [-0.39, 0.29) is 29.5 Å². The average Bonchev–Trinajstić information content (AvgIpc) is 2.88. The Morgan fingerprint density at radius 2 is 2.23 bits per heavy atom. The molecule has 0 saturated heterocycles. The van der Waals surface area contributed by atoms with Crippen LogP contribution >= 0.6 is 11.6 Å². The molecule has 2 aromatic rings. The van der Waals surface area contributed by atoms with Gasteiger partial charge in [-0.25, -0.2) is 18.0 Å². The third-order valence-corrected chi connectivity index (χ3v) is 3.65. The molecular formula is C13H11ClF3N3O2. The first-order valence-corrected chi connectivity index (χ1v) is 6.82. The number of halogens is 4. The van der Waals surface area contributed by atoms with Gasteiger partial charge in [-0.15, -0.1) is 0 Å². The summed E-state index contributed by atoms with van der Waals surface area (Å²) in [6.45, 7) is 1.31. The highest BCUT2D eigenvalue weighted by Gasteiger charge is 2.57. The number of aryl methyl sites for hydroxylation is 1. The van der Waals surface area contributed by atoms with Gasteiger partial charge in [0.2, 0.25) is 0 Å². The molecular weight excluding hydrogens is 323 g/mol. The van der Waals surface area contributed by atoms with E-state index >= 15 is 0 Å². The number of alkyl halides is 2. The number of nitrogens with zero attached hydrogens (tertiary/aromatic N) is 2. The van der Waals surface area contributed by atoms with Gasteiger partial charge in [0.1, 0.15) is 17.3 Å². The lowest BCUT2D eigenvalue weighted by Gasteiger charge is -2.10. The lowest BCUT2D eigenvalue weighted by atomic mass is 10.3. The summed E-state index contributed by atoms with van der Waals surface area (Å²) in [5.74, 6) is -4.03. The zero-order valence-corrected chi connectivity index (χ0v) is 12.1. The first-order chi connectivity index (χ1) is 10.3. The minimum absolute atomic E-state index is 0.0216. The first-order valence-electron chi connectivity index (χ1n) is 6.44. The third kappa shape index (κ3) is 2.70. The molecule has 22 heavy (non-hydrogen) atoms. The number of rotatable bonds is 4. The molecule has 3 rings (SSSR count). The molecule has 1 atom stereocenters. The summed E-state index contributed by atoms with van der Waals surface area (Å²) in [6.07, 6.45) is -0.239. The van der Waals surface area contributed by atoms with E-state index < -0.39 is 23.3 Å². The fourth-order valence-corrected chi connectivity index (χ4v) is 2.23. The van der Waals surface area contributed by atoms with Crippen LogP contribution in [0.4, 0.5) is 13.2 Å².